The Morgan fingerprint density at radius 1 is 1.00 bits per heavy atom. The third-order valence-electron chi connectivity index (χ3n) is 4.89. The van der Waals surface area contributed by atoms with Crippen LogP contribution in [0.2, 0.25) is 0 Å². The molecule has 0 atom stereocenters. The van der Waals surface area contributed by atoms with Crippen LogP contribution in [-0.2, 0) is 4.79 Å². The van der Waals surface area contributed by atoms with Crippen molar-refractivity contribution in [3.05, 3.63) is 67.0 Å². The Hall–Kier alpha value is -3.68. The average Bonchev–Trinajstić information content (AvgIpc) is 3.31. The van der Waals surface area contributed by atoms with E-state index in [0.29, 0.717) is 11.4 Å². The van der Waals surface area contributed by atoms with Gasteiger partial charge in [0.2, 0.25) is 5.91 Å². The van der Waals surface area contributed by atoms with Gasteiger partial charge in [0.25, 0.3) is 5.91 Å². The van der Waals surface area contributed by atoms with Gasteiger partial charge in [0, 0.05) is 42.8 Å². The van der Waals surface area contributed by atoms with Crippen LogP contribution in [0.1, 0.15) is 23.4 Å². The number of benzene rings is 1. The molecule has 0 spiro atoms. The normalized spacial score (nSPS) is 14.4. The number of furan rings is 1. The van der Waals surface area contributed by atoms with Gasteiger partial charge in [-0.25, -0.2) is 4.98 Å². The summed E-state index contributed by atoms with van der Waals surface area (Å²) in [5.74, 6) is 0.743. The van der Waals surface area contributed by atoms with Crippen molar-refractivity contribution in [1.82, 2.24) is 9.97 Å². The number of piperidine rings is 1. The number of hydrogen-bond donors (Lipinski definition) is 2. The van der Waals surface area contributed by atoms with Crippen LogP contribution in [-0.4, -0.2) is 34.9 Å². The van der Waals surface area contributed by atoms with Crippen molar-refractivity contribution in [2.24, 2.45) is 5.92 Å². The molecule has 1 aromatic carbocycles. The Labute approximate surface area is 168 Å². The Morgan fingerprint density at radius 2 is 1.72 bits per heavy atom. The molecule has 2 aromatic heterocycles. The lowest BCUT2D eigenvalue weighted by Gasteiger charge is -2.31. The Kier molecular flexibility index (Phi) is 5.51. The summed E-state index contributed by atoms with van der Waals surface area (Å²) in [5, 5.41) is 5.70. The lowest BCUT2D eigenvalue weighted by atomic mass is 9.96. The van der Waals surface area contributed by atoms with Gasteiger partial charge in [-0.05, 0) is 49.2 Å². The van der Waals surface area contributed by atoms with E-state index in [9.17, 15) is 9.59 Å². The molecule has 4 rings (SSSR count). The van der Waals surface area contributed by atoms with Gasteiger partial charge in [-0.3, -0.25) is 14.6 Å². The number of carbonyl (C=O) groups is 2. The molecule has 0 radical (unpaired) electrons. The third-order valence-corrected chi connectivity index (χ3v) is 4.89. The van der Waals surface area contributed by atoms with Crippen molar-refractivity contribution < 1.29 is 14.0 Å². The first-order valence-electron chi connectivity index (χ1n) is 9.46. The maximum Gasteiger partial charge on any atom is 0.291 e. The van der Waals surface area contributed by atoms with Crippen LogP contribution >= 0.6 is 0 Å². The summed E-state index contributed by atoms with van der Waals surface area (Å²) in [5.41, 5.74) is 1.32. The van der Waals surface area contributed by atoms with E-state index in [-0.39, 0.29) is 23.5 Å². The van der Waals surface area contributed by atoms with Gasteiger partial charge >= 0.3 is 0 Å². The molecule has 1 aliphatic heterocycles. The number of aromatic nitrogens is 2. The quantitative estimate of drug-likeness (QED) is 0.693. The van der Waals surface area contributed by atoms with Crippen molar-refractivity contribution in [3.8, 4) is 0 Å². The van der Waals surface area contributed by atoms with Crippen molar-refractivity contribution in [2.75, 3.05) is 28.6 Å². The number of nitrogens with zero attached hydrogens (tertiary/aromatic N) is 3. The fraction of sp³-hybridized carbons (Fsp3) is 0.238. The van der Waals surface area contributed by atoms with Crippen molar-refractivity contribution in [2.45, 2.75) is 12.8 Å². The number of anilines is 3. The van der Waals surface area contributed by atoms with Crippen LogP contribution < -0.4 is 15.5 Å². The van der Waals surface area contributed by atoms with Crippen LogP contribution in [0.3, 0.4) is 0 Å². The van der Waals surface area contributed by atoms with Crippen molar-refractivity contribution >= 4 is 29.0 Å². The van der Waals surface area contributed by atoms with Gasteiger partial charge in [0.05, 0.1) is 12.5 Å². The lowest BCUT2D eigenvalue weighted by Crippen LogP contribution is -2.38. The molecule has 0 saturated carbocycles. The molecule has 3 heterocycles. The highest BCUT2D eigenvalue weighted by molar-refractivity contribution is 6.02. The second-order valence-electron chi connectivity index (χ2n) is 6.82. The zero-order valence-electron chi connectivity index (χ0n) is 15.7. The van der Waals surface area contributed by atoms with Gasteiger partial charge in [-0.1, -0.05) is 0 Å². The molecule has 0 bridgehead atoms. The predicted molar refractivity (Wildman–Crippen MR) is 109 cm³/mol. The number of hydrogen-bond acceptors (Lipinski definition) is 6. The van der Waals surface area contributed by atoms with Crippen molar-refractivity contribution in [1.29, 1.82) is 0 Å². The van der Waals surface area contributed by atoms with E-state index in [1.165, 1.54) is 6.26 Å². The molecule has 1 fully saturated rings. The molecule has 2 N–H and O–H groups in total. The summed E-state index contributed by atoms with van der Waals surface area (Å²) in [7, 11) is 0. The summed E-state index contributed by atoms with van der Waals surface area (Å²) in [6, 6.07) is 10.3. The van der Waals surface area contributed by atoms with Crippen LogP contribution in [0.25, 0.3) is 0 Å². The smallest absolute Gasteiger partial charge is 0.291 e. The fourth-order valence-corrected chi connectivity index (χ4v) is 3.31. The van der Waals surface area contributed by atoms with E-state index < -0.39 is 0 Å². The second kappa shape index (κ2) is 8.55. The first kappa shape index (κ1) is 18.7. The van der Waals surface area contributed by atoms with Crippen LogP contribution in [0, 0.1) is 5.92 Å². The van der Waals surface area contributed by atoms with Gasteiger partial charge in [-0.15, -0.1) is 0 Å². The summed E-state index contributed by atoms with van der Waals surface area (Å²) in [4.78, 5) is 35.1. The zero-order chi connectivity index (χ0) is 20.1. The molecule has 8 heteroatoms. The largest absolute Gasteiger partial charge is 0.459 e. The molecule has 0 aliphatic carbocycles. The molecule has 0 unspecified atom stereocenters. The van der Waals surface area contributed by atoms with E-state index in [4.69, 9.17) is 4.42 Å². The maximum absolute atomic E-state index is 12.6. The maximum atomic E-state index is 12.6. The number of amides is 2. The second-order valence-corrected chi connectivity index (χ2v) is 6.82. The van der Waals surface area contributed by atoms with Crippen LogP contribution in [0.4, 0.5) is 17.2 Å². The fourth-order valence-electron chi connectivity index (χ4n) is 3.31. The lowest BCUT2D eigenvalue weighted by molar-refractivity contribution is -0.120. The van der Waals surface area contributed by atoms with E-state index >= 15 is 0 Å². The minimum absolute atomic E-state index is 0.0103. The Bertz CT molecular complexity index is 950. The zero-order valence-corrected chi connectivity index (χ0v) is 15.7. The molecule has 3 aromatic rings. The topological polar surface area (TPSA) is 100 Å². The average molecular weight is 391 g/mol. The van der Waals surface area contributed by atoms with Gasteiger partial charge in [0.1, 0.15) is 5.82 Å². The number of rotatable bonds is 5. The van der Waals surface area contributed by atoms with E-state index in [0.717, 1.165) is 31.7 Å². The molecule has 2 amide bonds. The molecular weight excluding hydrogens is 370 g/mol. The summed E-state index contributed by atoms with van der Waals surface area (Å²) in [6.45, 7) is 1.54. The first-order valence-corrected chi connectivity index (χ1v) is 9.46. The van der Waals surface area contributed by atoms with Gasteiger partial charge in [-0.2, -0.15) is 0 Å². The van der Waals surface area contributed by atoms with Crippen LogP contribution in [0.15, 0.2) is 65.7 Å². The van der Waals surface area contributed by atoms with E-state index in [1.807, 2.05) is 0 Å². The highest BCUT2D eigenvalue weighted by Crippen LogP contribution is 2.23. The molecule has 29 heavy (non-hydrogen) atoms. The minimum atomic E-state index is -0.318. The van der Waals surface area contributed by atoms with E-state index in [2.05, 4.69) is 25.5 Å². The molecular formula is C21H21N5O3. The summed E-state index contributed by atoms with van der Waals surface area (Å²) in [6.07, 6.45) is 8.05. The predicted octanol–water partition coefficient (Wildman–Crippen LogP) is 3.18. The number of nitrogens with one attached hydrogen (secondary N) is 2. The first-order chi connectivity index (χ1) is 14.2. The molecule has 148 valence electrons. The van der Waals surface area contributed by atoms with Gasteiger partial charge in [0.15, 0.2) is 5.76 Å². The minimum Gasteiger partial charge on any atom is -0.459 e. The van der Waals surface area contributed by atoms with Gasteiger partial charge < -0.3 is 20.0 Å². The third kappa shape index (κ3) is 4.60. The standard InChI is InChI=1S/C21H21N5O3/c27-20(15-7-11-26(12-8-15)19-14-22-9-10-23-19)24-16-3-5-17(6-4-16)25-21(28)18-2-1-13-29-18/h1-6,9-10,13-15H,7-8,11-12H2,(H,24,27)(H,25,28). The van der Waals surface area contributed by atoms with E-state index in [1.54, 1.807) is 55.0 Å². The highest BCUT2D eigenvalue weighted by Gasteiger charge is 2.25. The number of carbonyl (C=O) groups excluding carboxylic acids is 2. The Morgan fingerprint density at radius 3 is 2.34 bits per heavy atom. The summed E-state index contributed by atoms with van der Waals surface area (Å²) < 4.78 is 5.07. The molecule has 1 saturated heterocycles. The Balaban J connectivity index is 1.28. The summed E-state index contributed by atoms with van der Waals surface area (Å²) >= 11 is 0. The SMILES string of the molecule is O=C(Nc1ccc(NC(=O)C2CCN(c3cnccn3)CC2)cc1)c1ccco1. The molecule has 1 aliphatic rings. The van der Waals surface area contributed by atoms with Crippen molar-refractivity contribution in [3.63, 3.8) is 0 Å². The highest BCUT2D eigenvalue weighted by atomic mass is 16.3. The molecule has 8 nitrogen and oxygen atoms in total. The van der Waals surface area contributed by atoms with Crippen LogP contribution in [0.5, 0.6) is 0 Å². The monoisotopic (exact) mass is 391 g/mol.